The Bertz CT molecular complexity index is 362. The molecular formula is C18H29NO2. The first-order valence-electron chi connectivity index (χ1n) is 8.43. The quantitative estimate of drug-likeness (QED) is 0.312. The number of rotatable bonds is 13. The highest BCUT2D eigenvalue weighted by Gasteiger charge is 1.96. The second kappa shape index (κ2) is 12.4. The lowest BCUT2D eigenvalue weighted by Crippen LogP contribution is -1.96. The Balaban J connectivity index is 1.89. The van der Waals surface area contributed by atoms with Gasteiger partial charge in [-0.3, -0.25) is 0 Å². The van der Waals surface area contributed by atoms with Crippen LogP contribution in [0.5, 0.6) is 5.75 Å². The average Bonchev–Trinajstić information content (AvgIpc) is 2.53. The molecule has 0 bridgehead atoms. The molecule has 3 heteroatoms. The molecule has 0 amide bonds. The summed E-state index contributed by atoms with van der Waals surface area (Å²) in [5, 5.41) is 2.87. The number of unbranched alkanes of at least 4 members (excludes halogenated alkanes) is 9. The van der Waals surface area contributed by atoms with E-state index in [1.54, 1.807) is 24.3 Å². The van der Waals surface area contributed by atoms with Gasteiger partial charge in [0.1, 0.15) is 11.4 Å². The van der Waals surface area contributed by atoms with Gasteiger partial charge in [0.05, 0.1) is 6.61 Å². The summed E-state index contributed by atoms with van der Waals surface area (Å²) in [5.74, 6) is 0.818. The van der Waals surface area contributed by atoms with Crippen molar-refractivity contribution >= 4 is 5.69 Å². The molecule has 0 aromatic heterocycles. The van der Waals surface area contributed by atoms with E-state index in [2.05, 4.69) is 12.1 Å². The van der Waals surface area contributed by atoms with Crippen molar-refractivity contribution in [2.24, 2.45) is 5.18 Å². The molecule has 0 aliphatic carbocycles. The van der Waals surface area contributed by atoms with E-state index in [0.717, 1.165) is 18.8 Å². The third kappa shape index (κ3) is 9.22. The van der Waals surface area contributed by atoms with E-state index in [-0.39, 0.29) is 0 Å². The van der Waals surface area contributed by atoms with E-state index in [1.807, 2.05) is 0 Å². The van der Waals surface area contributed by atoms with E-state index in [1.165, 1.54) is 57.8 Å². The summed E-state index contributed by atoms with van der Waals surface area (Å²) in [6.45, 7) is 3.01. The van der Waals surface area contributed by atoms with Gasteiger partial charge in [-0.2, -0.15) is 0 Å². The fourth-order valence-corrected chi connectivity index (χ4v) is 2.38. The molecule has 118 valence electrons. The summed E-state index contributed by atoms with van der Waals surface area (Å²) in [4.78, 5) is 10.3. The lowest BCUT2D eigenvalue weighted by molar-refractivity contribution is 0.304. The van der Waals surface area contributed by atoms with Crippen molar-refractivity contribution < 1.29 is 4.74 Å². The smallest absolute Gasteiger partial charge is 0.119 e. The van der Waals surface area contributed by atoms with Gasteiger partial charge in [0.2, 0.25) is 0 Å². The van der Waals surface area contributed by atoms with Crippen LogP contribution in [0.3, 0.4) is 0 Å². The van der Waals surface area contributed by atoms with Gasteiger partial charge in [0.25, 0.3) is 0 Å². The van der Waals surface area contributed by atoms with Crippen molar-refractivity contribution in [3.63, 3.8) is 0 Å². The fourth-order valence-electron chi connectivity index (χ4n) is 2.38. The molecule has 0 radical (unpaired) electrons. The summed E-state index contributed by atoms with van der Waals surface area (Å²) in [6.07, 6.45) is 13.3. The third-order valence-corrected chi connectivity index (χ3v) is 3.71. The fraction of sp³-hybridized carbons (Fsp3) is 0.667. The van der Waals surface area contributed by atoms with Gasteiger partial charge in [-0.05, 0) is 35.9 Å². The van der Waals surface area contributed by atoms with Crippen LogP contribution < -0.4 is 4.74 Å². The van der Waals surface area contributed by atoms with Crippen molar-refractivity contribution in [2.45, 2.75) is 71.1 Å². The molecular weight excluding hydrogens is 262 g/mol. The Kier molecular flexibility index (Phi) is 10.4. The van der Waals surface area contributed by atoms with Gasteiger partial charge in [0.15, 0.2) is 0 Å². The standard InChI is InChI=1S/C18H29NO2/c1-2-3-4-5-6-7-8-9-10-11-16-21-18-14-12-17(19-20)13-15-18/h12-15H,2-11,16H2,1H3. The molecule has 1 aromatic carbocycles. The van der Waals surface area contributed by atoms with Gasteiger partial charge in [-0.1, -0.05) is 64.7 Å². The number of nitroso groups, excluding NO2 is 1. The topological polar surface area (TPSA) is 38.7 Å². The Morgan fingerprint density at radius 2 is 1.33 bits per heavy atom. The second-order valence-corrected chi connectivity index (χ2v) is 5.62. The minimum absolute atomic E-state index is 0.446. The normalized spacial score (nSPS) is 10.5. The number of ether oxygens (including phenoxy) is 1. The first kappa shape index (κ1) is 17.7. The molecule has 1 aromatic rings. The minimum atomic E-state index is 0.446. The van der Waals surface area contributed by atoms with Crippen molar-refractivity contribution in [1.29, 1.82) is 0 Å². The van der Waals surface area contributed by atoms with Gasteiger partial charge < -0.3 is 4.74 Å². The van der Waals surface area contributed by atoms with Crippen LogP contribution in [0.1, 0.15) is 71.1 Å². The molecule has 0 aliphatic rings. The maximum Gasteiger partial charge on any atom is 0.119 e. The van der Waals surface area contributed by atoms with Crippen LogP contribution in [0.4, 0.5) is 5.69 Å². The van der Waals surface area contributed by atoms with E-state index in [4.69, 9.17) is 4.74 Å². The van der Waals surface area contributed by atoms with Gasteiger partial charge in [-0.15, -0.1) is 4.91 Å². The molecule has 0 heterocycles. The predicted octanol–water partition coefficient (Wildman–Crippen LogP) is 6.38. The molecule has 1 rings (SSSR count). The van der Waals surface area contributed by atoms with E-state index in [0.29, 0.717) is 5.69 Å². The summed E-state index contributed by atoms with van der Waals surface area (Å²) in [6, 6.07) is 6.96. The van der Waals surface area contributed by atoms with Gasteiger partial charge in [-0.25, -0.2) is 0 Å². The Morgan fingerprint density at radius 1 is 0.810 bits per heavy atom. The van der Waals surface area contributed by atoms with E-state index < -0.39 is 0 Å². The zero-order chi connectivity index (χ0) is 15.2. The molecule has 0 atom stereocenters. The van der Waals surface area contributed by atoms with Crippen LogP contribution in [-0.4, -0.2) is 6.61 Å². The molecule has 0 fully saturated rings. The monoisotopic (exact) mass is 291 g/mol. The number of hydrogen-bond donors (Lipinski definition) is 0. The third-order valence-electron chi connectivity index (χ3n) is 3.71. The molecule has 21 heavy (non-hydrogen) atoms. The molecule has 0 N–H and O–H groups in total. The Morgan fingerprint density at radius 3 is 1.86 bits per heavy atom. The van der Waals surface area contributed by atoms with Crippen molar-refractivity contribution in [3.8, 4) is 5.75 Å². The summed E-state index contributed by atoms with van der Waals surface area (Å²) in [7, 11) is 0. The first-order chi connectivity index (χ1) is 10.4. The number of benzene rings is 1. The first-order valence-corrected chi connectivity index (χ1v) is 8.43. The van der Waals surface area contributed by atoms with Gasteiger partial charge >= 0.3 is 0 Å². The van der Waals surface area contributed by atoms with E-state index >= 15 is 0 Å². The average molecular weight is 291 g/mol. The Labute approximate surface area is 129 Å². The highest BCUT2D eigenvalue weighted by molar-refractivity contribution is 5.40. The summed E-state index contributed by atoms with van der Waals surface area (Å²) < 4.78 is 5.63. The summed E-state index contributed by atoms with van der Waals surface area (Å²) in [5.41, 5.74) is 0.446. The van der Waals surface area contributed by atoms with Crippen LogP contribution in [0.15, 0.2) is 29.4 Å². The second-order valence-electron chi connectivity index (χ2n) is 5.62. The van der Waals surface area contributed by atoms with Crippen molar-refractivity contribution in [3.05, 3.63) is 29.2 Å². The zero-order valence-electron chi connectivity index (χ0n) is 13.4. The van der Waals surface area contributed by atoms with Crippen LogP contribution in [0.25, 0.3) is 0 Å². The van der Waals surface area contributed by atoms with Crippen LogP contribution in [-0.2, 0) is 0 Å². The maximum absolute atomic E-state index is 10.3. The molecule has 0 aliphatic heterocycles. The van der Waals surface area contributed by atoms with E-state index in [9.17, 15) is 4.91 Å². The predicted molar refractivity (Wildman–Crippen MR) is 89.2 cm³/mol. The summed E-state index contributed by atoms with van der Waals surface area (Å²) >= 11 is 0. The molecule has 3 nitrogen and oxygen atoms in total. The van der Waals surface area contributed by atoms with Crippen LogP contribution >= 0.6 is 0 Å². The van der Waals surface area contributed by atoms with Crippen molar-refractivity contribution in [2.75, 3.05) is 6.61 Å². The molecule has 0 unspecified atom stereocenters. The maximum atomic E-state index is 10.3. The molecule has 0 spiro atoms. The van der Waals surface area contributed by atoms with Crippen molar-refractivity contribution in [1.82, 2.24) is 0 Å². The SMILES string of the molecule is CCCCCCCCCCCCOc1ccc(N=O)cc1. The highest BCUT2D eigenvalue weighted by Crippen LogP contribution is 2.18. The van der Waals surface area contributed by atoms with Gasteiger partial charge in [0, 0.05) is 0 Å². The number of hydrogen-bond acceptors (Lipinski definition) is 3. The van der Waals surface area contributed by atoms with Crippen LogP contribution in [0, 0.1) is 4.91 Å². The Hall–Kier alpha value is -1.38. The van der Waals surface area contributed by atoms with Crippen LogP contribution in [0.2, 0.25) is 0 Å². The zero-order valence-corrected chi connectivity index (χ0v) is 13.4. The number of nitrogens with zero attached hydrogens (tertiary/aromatic N) is 1. The highest BCUT2D eigenvalue weighted by atomic mass is 16.5. The largest absolute Gasteiger partial charge is 0.494 e. The minimum Gasteiger partial charge on any atom is -0.494 e. The lowest BCUT2D eigenvalue weighted by atomic mass is 10.1. The molecule has 0 saturated heterocycles. The molecule has 0 saturated carbocycles. The lowest BCUT2D eigenvalue weighted by Gasteiger charge is -2.06.